The molecule has 0 atom stereocenters. The lowest BCUT2D eigenvalue weighted by molar-refractivity contribution is -0.119. The summed E-state index contributed by atoms with van der Waals surface area (Å²) >= 11 is 0. The van der Waals surface area contributed by atoms with Crippen LogP contribution in [-0.2, 0) is 21.4 Å². The van der Waals surface area contributed by atoms with E-state index in [1.54, 1.807) is 4.90 Å². The lowest BCUT2D eigenvalue weighted by Crippen LogP contribution is -2.34. The van der Waals surface area contributed by atoms with Gasteiger partial charge in [0.15, 0.2) is 0 Å². The van der Waals surface area contributed by atoms with Crippen LogP contribution in [0.5, 0.6) is 0 Å². The molecule has 3 rings (SSSR count). The number of amides is 1. The van der Waals surface area contributed by atoms with Crippen molar-refractivity contribution in [2.24, 2.45) is 5.14 Å². The third-order valence-corrected chi connectivity index (χ3v) is 4.86. The van der Waals surface area contributed by atoms with Gasteiger partial charge in [-0.05, 0) is 18.6 Å². The first-order valence-electron chi connectivity index (χ1n) is 7.52. The van der Waals surface area contributed by atoms with Gasteiger partial charge < -0.3 is 9.80 Å². The number of rotatable bonds is 3. The molecule has 0 aliphatic carbocycles. The van der Waals surface area contributed by atoms with Crippen LogP contribution < -0.4 is 14.9 Å². The van der Waals surface area contributed by atoms with Crippen LogP contribution in [0, 0.1) is 0 Å². The SMILES string of the molecule is CN1CCCN(C(=O)Cn2cc(S(N)(=O)=O)cn2)c2ccccc21. The molecule has 0 spiro atoms. The number of anilines is 2. The van der Waals surface area contributed by atoms with E-state index >= 15 is 0 Å². The van der Waals surface area contributed by atoms with E-state index in [-0.39, 0.29) is 17.3 Å². The molecule has 0 fully saturated rings. The van der Waals surface area contributed by atoms with Crippen LogP contribution in [0.15, 0.2) is 41.6 Å². The first-order chi connectivity index (χ1) is 11.4. The maximum atomic E-state index is 12.7. The fourth-order valence-corrected chi connectivity index (χ4v) is 3.25. The monoisotopic (exact) mass is 349 g/mol. The number of para-hydroxylation sites is 2. The number of carbonyl (C=O) groups excluding carboxylic acids is 1. The van der Waals surface area contributed by atoms with Crippen molar-refractivity contribution in [3.05, 3.63) is 36.7 Å². The summed E-state index contributed by atoms with van der Waals surface area (Å²) in [6.45, 7) is 1.41. The molecule has 2 aromatic rings. The lowest BCUT2D eigenvalue weighted by atomic mass is 10.2. The Morgan fingerprint density at radius 3 is 2.62 bits per heavy atom. The van der Waals surface area contributed by atoms with Gasteiger partial charge in [-0.25, -0.2) is 13.6 Å². The Bertz CT molecular complexity index is 861. The highest BCUT2D eigenvalue weighted by Gasteiger charge is 2.23. The summed E-state index contributed by atoms with van der Waals surface area (Å²) in [5.41, 5.74) is 1.84. The largest absolute Gasteiger partial charge is 0.373 e. The van der Waals surface area contributed by atoms with Crippen molar-refractivity contribution in [2.45, 2.75) is 17.9 Å². The molecule has 0 bridgehead atoms. The Kier molecular flexibility index (Phi) is 4.29. The third kappa shape index (κ3) is 3.26. The fourth-order valence-electron chi connectivity index (χ4n) is 2.78. The van der Waals surface area contributed by atoms with E-state index in [1.165, 1.54) is 10.9 Å². The predicted octanol–water partition coefficient (Wildman–Crippen LogP) is 0.404. The van der Waals surface area contributed by atoms with Gasteiger partial charge >= 0.3 is 0 Å². The highest BCUT2D eigenvalue weighted by molar-refractivity contribution is 7.89. The number of hydrogen-bond donors (Lipinski definition) is 1. The van der Waals surface area contributed by atoms with Crippen LogP contribution in [0.25, 0.3) is 0 Å². The van der Waals surface area contributed by atoms with Crippen molar-refractivity contribution in [1.82, 2.24) is 9.78 Å². The summed E-state index contributed by atoms with van der Waals surface area (Å²) in [6, 6.07) is 7.72. The highest BCUT2D eigenvalue weighted by Crippen LogP contribution is 2.31. The molecule has 8 nitrogen and oxygen atoms in total. The van der Waals surface area contributed by atoms with Crippen molar-refractivity contribution < 1.29 is 13.2 Å². The first-order valence-corrected chi connectivity index (χ1v) is 9.06. The molecule has 1 aliphatic heterocycles. The predicted molar refractivity (Wildman–Crippen MR) is 90.3 cm³/mol. The van der Waals surface area contributed by atoms with E-state index in [4.69, 9.17) is 5.14 Å². The van der Waals surface area contributed by atoms with Gasteiger partial charge in [0.2, 0.25) is 15.9 Å². The summed E-state index contributed by atoms with van der Waals surface area (Å²) < 4.78 is 23.9. The van der Waals surface area contributed by atoms with Crippen molar-refractivity contribution in [3.63, 3.8) is 0 Å². The first kappa shape index (κ1) is 16.5. The zero-order chi connectivity index (χ0) is 17.3. The number of fused-ring (bicyclic) bond motifs is 1. The normalized spacial score (nSPS) is 15.1. The molecule has 1 aromatic carbocycles. The van der Waals surface area contributed by atoms with E-state index in [0.717, 1.165) is 30.5 Å². The van der Waals surface area contributed by atoms with Crippen molar-refractivity contribution in [3.8, 4) is 0 Å². The van der Waals surface area contributed by atoms with Gasteiger partial charge in [-0.15, -0.1) is 0 Å². The minimum Gasteiger partial charge on any atom is -0.373 e. The van der Waals surface area contributed by atoms with Gasteiger partial charge in [-0.3, -0.25) is 9.48 Å². The second-order valence-electron chi connectivity index (χ2n) is 5.73. The number of nitrogens with two attached hydrogens (primary N) is 1. The van der Waals surface area contributed by atoms with Gasteiger partial charge in [0.1, 0.15) is 11.4 Å². The topological polar surface area (TPSA) is 102 Å². The van der Waals surface area contributed by atoms with Crippen LogP contribution in [0.2, 0.25) is 0 Å². The number of sulfonamides is 1. The molecule has 2 heterocycles. The second kappa shape index (κ2) is 6.25. The lowest BCUT2D eigenvalue weighted by Gasteiger charge is -2.24. The Labute approximate surface area is 140 Å². The molecule has 0 radical (unpaired) electrons. The number of hydrogen-bond acceptors (Lipinski definition) is 5. The summed E-state index contributed by atoms with van der Waals surface area (Å²) in [6.07, 6.45) is 3.26. The molecule has 0 saturated heterocycles. The van der Waals surface area contributed by atoms with Gasteiger partial charge in [-0.1, -0.05) is 12.1 Å². The van der Waals surface area contributed by atoms with Crippen LogP contribution in [0.4, 0.5) is 11.4 Å². The van der Waals surface area contributed by atoms with Crippen LogP contribution in [0.3, 0.4) is 0 Å². The second-order valence-corrected chi connectivity index (χ2v) is 7.29. The number of aromatic nitrogens is 2. The van der Waals surface area contributed by atoms with Crippen LogP contribution in [-0.4, -0.2) is 44.2 Å². The average molecular weight is 349 g/mol. The van der Waals surface area contributed by atoms with Gasteiger partial charge in [0.25, 0.3) is 0 Å². The molecule has 0 saturated carbocycles. The number of primary sulfonamides is 1. The van der Waals surface area contributed by atoms with E-state index in [1.807, 2.05) is 31.3 Å². The molecular formula is C15H19N5O3S. The average Bonchev–Trinajstić information content (AvgIpc) is 2.93. The quantitative estimate of drug-likeness (QED) is 0.864. The Balaban J connectivity index is 1.85. The molecule has 1 aliphatic rings. The summed E-state index contributed by atoms with van der Waals surface area (Å²) in [5, 5.41) is 8.97. The van der Waals surface area contributed by atoms with E-state index in [2.05, 4.69) is 10.00 Å². The maximum Gasteiger partial charge on any atom is 0.248 e. The Morgan fingerprint density at radius 2 is 1.96 bits per heavy atom. The molecular weight excluding hydrogens is 330 g/mol. The minimum atomic E-state index is -3.82. The molecule has 2 N–H and O–H groups in total. The molecule has 1 amide bonds. The third-order valence-electron chi connectivity index (χ3n) is 4.00. The molecule has 9 heteroatoms. The smallest absolute Gasteiger partial charge is 0.248 e. The van der Waals surface area contributed by atoms with Crippen molar-refractivity contribution >= 4 is 27.3 Å². The zero-order valence-corrected chi connectivity index (χ0v) is 14.1. The number of carbonyl (C=O) groups is 1. The van der Waals surface area contributed by atoms with E-state index < -0.39 is 10.0 Å². The summed E-state index contributed by atoms with van der Waals surface area (Å²) in [5.74, 6) is -0.151. The molecule has 24 heavy (non-hydrogen) atoms. The molecule has 128 valence electrons. The van der Waals surface area contributed by atoms with Crippen LogP contribution >= 0.6 is 0 Å². The fraction of sp³-hybridized carbons (Fsp3) is 0.333. The minimum absolute atomic E-state index is 0.0480. The van der Waals surface area contributed by atoms with Gasteiger partial charge in [0.05, 0.1) is 17.6 Å². The Hall–Kier alpha value is -2.39. The van der Waals surface area contributed by atoms with E-state index in [9.17, 15) is 13.2 Å². The van der Waals surface area contributed by atoms with Crippen molar-refractivity contribution in [1.29, 1.82) is 0 Å². The van der Waals surface area contributed by atoms with Gasteiger partial charge in [0, 0.05) is 26.3 Å². The van der Waals surface area contributed by atoms with Gasteiger partial charge in [-0.2, -0.15) is 5.10 Å². The molecule has 1 aromatic heterocycles. The molecule has 0 unspecified atom stereocenters. The zero-order valence-electron chi connectivity index (χ0n) is 13.3. The van der Waals surface area contributed by atoms with Crippen LogP contribution in [0.1, 0.15) is 6.42 Å². The standard InChI is InChI=1S/C15H19N5O3S/c1-18-7-4-8-20(14-6-3-2-5-13(14)18)15(21)11-19-10-12(9-17-19)24(16,22)23/h2-3,5-6,9-10H,4,7-8,11H2,1H3,(H2,16,22,23). The summed E-state index contributed by atoms with van der Waals surface area (Å²) in [4.78, 5) is 16.4. The number of nitrogens with zero attached hydrogens (tertiary/aromatic N) is 4. The maximum absolute atomic E-state index is 12.7. The van der Waals surface area contributed by atoms with E-state index in [0.29, 0.717) is 6.54 Å². The number of benzene rings is 1. The summed E-state index contributed by atoms with van der Waals surface area (Å²) in [7, 11) is -1.82. The Morgan fingerprint density at radius 1 is 1.25 bits per heavy atom. The van der Waals surface area contributed by atoms with Crippen molar-refractivity contribution in [2.75, 3.05) is 29.9 Å². The highest BCUT2D eigenvalue weighted by atomic mass is 32.2.